The maximum Gasteiger partial charge on any atom is 0.416 e. The zero-order chi connectivity index (χ0) is 31.8. The Morgan fingerprint density at radius 3 is 2.59 bits per heavy atom. The normalized spacial score (nSPS) is 15.5. The van der Waals surface area contributed by atoms with E-state index in [0.29, 0.717) is 17.2 Å². The monoisotopic (exact) mass is 650 g/mol. The fourth-order valence-corrected chi connectivity index (χ4v) is 6.59. The molecule has 0 fully saturated rings. The topological polar surface area (TPSA) is 115 Å². The molecule has 1 atom stereocenters. The molecular formula is C29H23ClF4N4O5S. The molecule has 0 amide bonds. The first-order valence-electron chi connectivity index (χ1n) is 13.0. The van der Waals surface area contributed by atoms with Crippen LogP contribution in [0.4, 0.5) is 23.2 Å². The smallest absolute Gasteiger partial charge is 0.416 e. The van der Waals surface area contributed by atoms with Gasteiger partial charge in [0.15, 0.2) is 5.69 Å². The second-order valence-corrected chi connectivity index (χ2v) is 12.2. The third-order valence-corrected chi connectivity index (χ3v) is 8.93. The summed E-state index contributed by atoms with van der Waals surface area (Å²) in [6.07, 6.45) is -2.60. The molecule has 0 aliphatic carbocycles. The maximum atomic E-state index is 14.5. The predicted octanol–water partition coefficient (Wildman–Crippen LogP) is 6.39. The van der Waals surface area contributed by atoms with Crippen LogP contribution in [0, 0.1) is 5.82 Å². The number of alkyl halides is 3. The Balaban J connectivity index is 1.53. The Kier molecular flexibility index (Phi) is 8.40. The number of carboxylic acid groups (broad SMARTS) is 1. The number of allylic oxidation sites excluding steroid dienone is 1. The van der Waals surface area contributed by atoms with Gasteiger partial charge >= 0.3 is 12.1 Å². The van der Waals surface area contributed by atoms with Gasteiger partial charge in [0.2, 0.25) is 0 Å². The first-order valence-corrected chi connectivity index (χ1v) is 14.8. The zero-order valence-corrected chi connectivity index (χ0v) is 24.4. The number of ether oxygens (including phenoxy) is 1. The number of carbonyl (C=O) groups is 1. The summed E-state index contributed by atoms with van der Waals surface area (Å²) >= 11 is 6.20. The molecule has 1 N–H and O–H groups in total. The van der Waals surface area contributed by atoms with Gasteiger partial charge in [-0.1, -0.05) is 41.1 Å². The van der Waals surface area contributed by atoms with Crippen molar-refractivity contribution in [3.05, 3.63) is 100 Å². The summed E-state index contributed by atoms with van der Waals surface area (Å²) in [5, 5.41) is 16.5. The van der Waals surface area contributed by atoms with Crippen LogP contribution in [-0.2, 0) is 22.7 Å². The van der Waals surface area contributed by atoms with Crippen LogP contribution < -0.4 is 9.04 Å². The number of aromatic carboxylic acids is 1. The molecule has 44 heavy (non-hydrogen) atoms. The first kappa shape index (κ1) is 31.0. The van der Waals surface area contributed by atoms with Crippen LogP contribution in [0.5, 0.6) is 5.75 Å². The summed E-state index contributed by atoms with van der Waals surface area (Å²) in [5.74, 6) is -1.68. The van der Waals surface area contributed by atoms with Gasteiger partial charge in [0.05, 0.1) is 33.9 Å². The minimum absolute atomic E-state index is 0.0637. The maximum absolute atomic E-state index is 14.5. The van der Waals surface area contributed by atoms with Gasteiger partial charge < -0.3 is 9.84 Å². The third-order valence-electron chi connectivity index (χ3n) is 6.84. The summed E-state index contributed by atoms with van der Waals surface area (Å²) in [6.45, 7) is 1.46. The molecule has 0 bridgehead atoms. The number of fused-ring (bicyclic) bond motifs is 1. The summed E-state index contributed by atoms with van der Waals surface area (Å²) in [4.78, 5) is 10.6. The molecule has 3 aromatic carbocycles. The molecule has 1 aliphatic heterocycles. The van der Waals surface area contributed by atoms with Gasteiger partial charge in [0.25, 0.3) is 10.0 Å². The lowest BCUT2D eigenvalue weighted by molar-refractivity contribution is -0.137. The van der Waals surface area contributed by atoms with Crippen molar-refractivity contribution >= 4 is 44.9 Å². The summed E-state index contributed by atoms with van der Waals surface area (Å²) in [5.41, 5.74) is -0.275. The molecule has 230 valence electrons. The van der Waals surface area contributed by atoms with Crippen molar-refractivity contribution in [2.75, 3.05) is 10.8 Å². The van der Waals surface area contributed by atoms with Crippen LogP contribution in [0.25, 0.3) is 11.6 Å². The molecule has 0 radical (unpaired) electrons. The van der Waals surface area contributed by atoms with Gasteiger partial charge in [-0.05, 0) is 60.5 Å². The van der Waals surface area contributed by atoms with Gasteiger partial charge in [0.1, 0.15) is 17.7 Å². The summed E-state index contributed by atoms with van der Waals surface area (Å²) in [7, 11) is -4.55. The molecule has 0 unspecified atom stereocenters. The lowest BCUT2D eigenvalue weighted by atomic mass is 10.0. The van der Waals surface area contributed by atoms with Crippen LogP contribution >= 0.6 is 11.6 Å². The largest absolute Gasteiger partial charge is 0.486 e. The summed E-state index contributed by atoms with van der Waals surface area (Å²) in [6, 6.07) is 12.3. The molecule has 15 heteroatoms. The van der Waals surface area contributed by atoms with Crippen molar-refractivity contribution in [1.82, 2.24) is 15.0 Å². The number of nitrogens with zero attached hydrogens (tertiary/aromatic N) is 4. The number of halogens is 5. The van der Waals surface area contributed by atoms with E-state index in [2.05, 4.69) is 10.3 Å². The minimum Gasteiger partial charge on any atom is -0.486 e. The second kappa shape index (κ2) is 11.9. The average Bonchev–Trinajstić information content (AvgIpc) is 3.45. The summed E-state index contributed by atoms with van der Waals surface area (Å²) < 4.78 is 91.0. The van der Waals surface area contributed by atoms with Crippen LogP contribution in [-0.4, -0.2) is 47.1 Å². The standard InChI is InChI=1S/C29H23ClF4N4O5S/c1-17(27-22(30)6-3-7-23(27)31)12-18-8-9-26-25(13-18)38(44(41,42)21-5-2-4-19(14-21)29(32,33)34)15-20(43-26)10-11-37-16-24(28(39)40)35-36-37/h2-9,12-14,16,20H,10-11,15H2,1H3,(H,39,40)/t20-/m0/s1. The molecule has 0 saturated heterocycles. The number of anilines is 1. The Morgan fingerprint density at radius 2 is 1.91 bits per heavy atom. The molecule has 4 aromatic rings. The van der Waals surface area contributed by atoms with Crippen LogP contribution in [0.1, 0.15) is 40.5 Å². The highest BCUT2D eigenvalue weighted by atomic mass is 35.5. The lowest BCUT2D eigenvalue weighted by Crippen LogP contribution is -2.44. The van der Waals surface area contributed by atoms with Gasteiger partial charge in [-0.15, -0.1) is 5.10 Å². The van der Waals surface area contributed by atoms with E-state index in [0.717, 1.165) is 22.5 Å². The van der Waals surface area contributed by atoms with Gasteiger partial charge in [-0.25, -0.2) is 17.6 Å². The zero-order valence-electron chi connectivity index (χ0n) is 22.8. The SMILES string of the molecule is CC(=Cc1ccc2c(c1)N(S(=O)(=O)c1cccc(C(F)(F)F)c1)C[C@H](CCn1cc(C(=O)O)nn1)O2)c1c(F)cccc1Cl. The van der Waals surface area contributed by atoms with Crippen LogP contribution in [0.3, 0.4) is 0 Å². The van der Waals surface area contributed by atoms with E-state index in [4.69, 9.17) is 21.4 Å². The Hall–Kier alpha value is -4.43. The molecule has 0 saturated carbocycles. The molecule has 1 aromatic heterocycles. The van der Waals surface area contributed by atoms with Gasteiger partial charge in [0, 0.05) is 18.5 Å². The number of aromatic nitrogens is 3. The van der Waals surface area contributed by atoms with E-state index < -0.39 is 44.5 Å². The highest BCUT2D eigenvalue weighted by molar-refractivity contribution is 7.92. The van der Waals surface area contributed by atoms with Crippen molar-refractivity contribution in [2.45, 2.75) is 37.1 Å². The molecule has 5 rings (SSSR count). The van der Waals surface area contributed by atoms with Gasteiger partial charge in [-0.2, -0.15) is 13.2 Å². The number of rotatable bonds is 8. The molecule has 0 spiro atoms. The minimum atomic E-state index is -4.77. The predicted molar refractivity (Wildman–Crippen MR) is 153 cm³/mol. The van der Waals surface area contributed by atoms with Crippen molar-refractivity contribution in [1.29, 1.82) is 0 Å². The Morgan fingerprint density at radius 1 is 1.16 bits per heavy atom. The van der Waals surface area contributed by atoms with E-state index >= 15 is 0 Å². The lowest BCUT2D eigenvalue weighted by Gasteiger charge is -2.36. The number of sulfonamides is 1. The number of carboxylic acids is 1. The number of benzene rings is 3. The van der Waals surface area contributed by atoms with Crippen molar-refractivity contribution in [2.24, 2.45) is 0 Å². The van der Waals surface area contributed by atoms with Crippen LogP contribution in [0.2, 0.25) is 5.02 Å². The van der Waals surface area contributed by atoms with E-state index in [9.17, 15) is 30.8 Å². The molecule has 9 nitrogen and oxygen atoms in total. The van der Waals surface area contributed by atoms with Crippen molar-refractivity contribution < 1.29 is 40.6 Å². The third kappa shape index (κ3) is 6.40. The molecule has 2 heterocycles. The number of hydrogen-bond acceptors (Lipinski definition) is 6. The van der Waals surface area contributed by atoms with Crippen LogP contribution in [0.15, 0.2) is 71.8 Å². The van der Waals surface area contributed by atoms with Gasteiger partial charge in [-0.3, -0.25) is 8.99 Å². The Bertz CT molecular complexity index is 1860. The van der Waals surface area contributed by atoms with E-state index in [1.165, 1.54) is 41.2 Å². The van der Waals surface area contributed by atoms with E-state index in [-0.39, 0.29) is 47.2 Å². The van der Waals surface area contributed by atoms with E-state index in [1.54, 1.807) is 19.1 Å². The first-order chi connectivity index (χ1) is 20.7. The molecule has 1 aliphatic rings. The number of aryl methyl sites for hydroxylation is 1. The quantitative estimate of drug-likeness (QED) is 0.174. The van der Waals surface area contributed by atoms with E-state index in [1.807, 2.05) is 0 Å². The van der Waals surface area contributed by atoms with Crippen molar-refractivity contribution in [3.8, 4) is 5.75 Å². The van der Waals surface area contributed by atoms with Crippen molar-refractivity contribution in [3.63, 3.8) is 0 Å². The highest BCUT2D eigenvalue weighted by Crippen LogP contribution is 2.40. The fourth-order valence-electron chi connectivity index (χ4n) is 4.74. The Labute approximate surface area is 254 Å². The highest BCUT2D eigenvalue weighted by Gasteiger charge is 2.37. The second-order valence-electron chi connectivity index (χ2n) is 9.91. The molecular weight excluding hydrogens is 628 g/mol. The number of hydrogen-bond donors (Lipinski definition) is 1. The fraction of sp³-hybridized carbons (Fsp3) is 0.207. The average molecular weight is 651 g/mol.